The van der Waals surface area contributed by atoms with Crippen molar-refractivity contribution in [2.45, 2.75) is 31.8 Å². The van der Waals surface area contributed by atoms with Crippen LogP contribution in [0.5, 0.6) is 0 Å². The molecule has 1 aliphatic heterocycles. The third kappa shape index (κ3) is 3.14. The van der Waals surface area contributed by atoms with Crippen LogP contribution in [0.4, 0.5) is 8.78 Å². The first-order valence-corrected chi connectivity index (χ1v) is 7.13. The highest BCUT2D eigenvalue weighted by Gasteiger charge is 2.43. The normalized spacial score (nSPS) is 20.3. The molecule has 0 saturated carbocycles. The number of hydrogen-bond acceptors (Lipinski definition) is 3. The van der Waals surface area contributed by atoms with E-state index in [1.54, 1.807) is 9.58 Å². The number of aromatic nitrogens is 2. The molecule has 1 aliphatic rings. The first-order chi connectivity index (χ1) is 8.84. The van der Waals surface area contributed by atoms with Gasteiger partial charge >= 0.3 is 0 Å². The fourth-order valence-electron chi connectivity index (χ4n) is 2.36. The van der Waals surface area contributed by atoms with Gasteiger partial charge in [-0.25, -0.2) is 8.78 Å². The summed E-state index contributed by atoms with van der Waals surface area (Å²) in [4.78, 5) is 1.64. The molecule has 1 fully saturated rings. The lowest BCUT2D eigenvalue weighted by molar-refractivity contribution is -0.132. The predicted molar refractivity (Wildman–Crippen MR) is 71.2 cm³/mol. The number of rotatable bonds is 5. The maximum atomic E-state index is 12.7. The molecule has 1 unspecified atom stereocenters. The summed E-state index contributed by atoms with van der Waals surface area (Å²) in [6.45, 7) is 2.06. The molecule has 1 N–H and O–H groups in total. The van der Waals surface area contributed by atoms with Crippen molar-refractivity contribution in [2.24, 2.45) is 7.05 Å². The van der Waals surface area contributed by atoms with Crippen LogP contribution in [0.1, 0.15) is 30.8 Å². The molecule has 7 heteroatoms. The quantitative estimate of drug-likeness (QED) is 0.894. The van der Waals surface area contributed by atoms with Gasteiger partial charge in [-0.05, 0) is 28.8 Å². The second-order valence-electron chi connectivity index (χ2n) is 4.99. The summed E-state index contributed by atoms with van der Waals surface area (Å²) >= 11 is 3.44. The number of aliphatic hydroxyl groups excluding tert-OH is 1. The van der Waals surface area contributed by atoms with Crippen LogP contribution < -0.4 is 0 Å². The maximum Gasteiger partial charge on any atom is 0.272 e. The van der Waals surface area contributed by atoms with Crippen molar-refractivity contribution in [3.8, 4) is 0 Å². The summed E-state index contributed by atoms with van der Waals surface area (Å²) in [6, 6.07) is 0. The smallest absolute Gasteiger partial charge is 0.272 e. The number of aryl methyl sites for hydroxylation is 1. The van der Waals surface area contributed by atoms with Crippen LogP contribution in [-0.4, -0.2) is 45.3 Å². The van der Waals surface area contributed by atoms with Crippen molar-refractivity contribution < 1.29 is 13.9 Å². The van der Waals surface area contributed by atoms with Gasteiger partial charge in [-0.2, -0.15) is 5.10 Å². The molecule has 1 aromatic rings. The lowest BCUT2D eigenvalue weighted by Gasteiger charge is -2.38. The Morgan fingerprint density at radius 3 is 2.58 bits per heavy atom. The van der Waals surface area contributed by atoms with Crippen LogP contribution in [0.25, 0.3) is 0 Å². The van der Waals surface area contributed by atoms with Crippen molar-refractivity contribution in [3.05, 3.63) is 15.9 Å². The molecule has 0 spiro atoms. The second-order valence-corrected chi connectivity index (χ2v) is 5.79. The molecule has 0 aliphatic carbocycles. The Labute approximate surface area is 119 Å². The fourth-order valence-corrected chi connectivity index (χ4v) is 3.24. The standard InChI is InChI=1S/C12H18BrF2N3O/c1-3-8-10(13)11(16-17(8)2)9(19)4-5-18-6-12(14,15)7-18/h9,19H,3-7H2,1-2H3. The Hall–Kier alpha value is -0.530. The van der Waals surface area contributed by atoms with Gasteiger partial charge < -0.3 is 5.11 Å². The zero-order valence-corrected chi connectivity index (χ0v) is 12.6. The number of hydrogen-bond donors (Lipinski definition) is 1. The molecule has 1 saturated heterocycles. The molecule has 1 atom stereocenters. The van der Waals surface area contributed by atoms with E-state index in [0.717, 1.165) is 16.6 Å². The second kappa shape index (κ2) is 5.46. The average Bonchev–Trinajstić information content (AvgIpc) is 2.58. The number of aliphatic hydroxyl groups is 1. The Morgan fingerprint density at radius 2 is 2.11 bits per heavy atom. The van der Waals surface area contributed by atoms with E-state index < -0.39 is 12.0 Å². The molecule has 2 rings (SSSR count). The summed E-state index contributed by atoms with van der Waals surface area (Å²) < 4.78 is 27.9. The SMILES string of the molecule is CCc1c(Br)c(C(O)CCN2CC(F)(F)C2)nn1C. The fraction of sp³-hybridized carbons (Fsp3) is 0.750. The molecule has 2 heterocycles. The number of likely N-dealkylation sites (tertiary alicyclic amines) is 1. The van der Waals surface area contributed by atoms with Gasteiger partial charge in [0.15, 0.2) is 0 Å². The minimum absolute atomic E-state index is 0.205. The highest BCUT2D eigenvalue weighted by molar-refractivity contribution is 9.10. The van der Waals surface area contributed by atoms with Crippen LogP contribution >= 0.6 is 15.9 Å². The first kappa shape index (κ1) is 14.9. The van der Waals surface area contributed by atoms with Crippen LogP contribution in [0.15, 0.2) is 4.47 Å². The van der Waals surface area contributed by atoms with Gasteiger partial charge in [0, 0.05) is 13.6 Å². The molecule has 0 bridgehead atoms. The molecule has 0 amide bonds. The Kier molecular flexibility index (Phi) is 4.27. The largest absolute Gasteiger partial charge is 0.387 e. The van der Waals surface area contributed by atoms with E-state index in [9.17, 15) is 13.9 Å². The molecular formula is C12H18BrF2N3O. The number of nitrogens with zero attached hydrogens (tertiary/aromatic N) is 3. The highest BCUT2D eigenvalue weighted by Crippen LogP contribution is 2.30. The summed E-state index contributed by atoms with van der Waals surface area (Å²) in [5.41, 5.74) is 1.61. The van der Waals surface area contributed by atoms with Gasteiger partial charge in [0.2, 0.25) is 0 Å². The molecule has 4 nitrogen and oxygen atoms in total. The molecule has 0 aromatic carbocycles. The predicted octanol–water partition coefficient (Wildman–Crippen LogP) is 2.12. The van der Waals surface area contributed by atoms with Crippen molar-refractivity contribution in [3.63, 3.8) is 0 Å². The zero-order chi connectivity index (χ0) is 14.2. The third-order valence-corrected chi connectivity index (χ3v) is 4.27. The van der Waals surface area contributed by atoms with Crippen molar-refractivity contribution in [1.82, 2.24) is 14.7 Å². The molecule has 0 radical (unpaired) electrons. The van der Waals surface area contributed by atoms with Gasteiger partial charge in [0.05, 0.1) is 23.3 Å². The maximum absolute atomic E-state index is 12.7. The lowest BCUT2D eigenvalue weighted by Crippen LogP contribution is -2.56. The average molecular weight is 338 g/mol. The monoisotopic (exact) mass is 337 g/mol. The van der Waals surface area contributed by atoms with Gasteiger partial charge in [0.1, 0.15) is 11.8 Å². The summed E-state index contributed by atoms with van der Waals surface area (Å²) in [7, 11) is 1.83. The minimum Gasteiger partial charge on any atom is -0.387 e. The number of halogens is 3. The van der Waals surface area contributed by atoms with E-state index in [-0.39, 0.29) is 13.1 Å². The topological polar surface area (TPSA) is 41.3 Å². The van der Waals surface area contributed by atoms with Crippen molar-refractivity contribution in [2.75, 3.05) is 19.6 Å². The first-order valence-electron chi connectivity index (χ1n) is 6.33. The van der Waals surface area contributed by atoms with Crippen molar-refractivity contribution >= 4 is 15.9 Å². The van der Waals surface area contributed by atoms with Crippen molar-refractivity contribution in [1.29, 1.82) is 0 Å². The number of alkyl halides is 2. The zero-order valence-electron chi connectivity index (χ0n) is 11.0. The van der Waals surface area contributed by atoms with Crippen LogP contribution in [0, 0.1) is 0 Å². The van der Waals surface area contributed by atoms with Crippen LogP contribution in [0.2, 0.25) is 0 Å². The molecule has 108 valence electrons. The van der Waals surface area contributed by atoms with E-state index in [1.165, 1.54) is 0 Å². The highest BCUT2D eigenvalue weighted by atomic mass is 79.9. The van der Waals surface area contributed by atoms with E-state index in [2.05, 4.69) is 21.0 Å². The van der Waals surface area contributed by atoms with Crippen LogP contribution in [0.3, 0.4) is 0 Å². The van der Waals surface area contributed by atoms with E-state index >= 15 is 0 Å². The van der Waals surface area contributed by atoms with Gasteiger partial charge in [-0.15, -0.1) is 0 Å². The molecule has 19 heavy (non-hydrogen) atoms. The Morgan fingerprint density at radius 1 is 1.47 bits per heavy atom. The minimum atomic E-state index is -2.55. The van der Waals surface area contributed by atoms with Gasteiger partial charge in [-0.1, -0.05) is 6.92 Å². The van der Waals surface area contributed by atoms with E-state index in [1.807, 2.05) is 14.0 Å². The Bertz CT molecular complexity index is 456. The van der Waals surface area contributed by atoms with E-state index in [0.29, 0.717) is 18.7 Å². The summed E-state index contributed by atoms with van der Waals surface area (Å²) in [6.07, 6.45) is 0.499. The van der Waals surface area contributed by atoms with Gasteiger partial charge in [-0.3, -0.25) is 9.58 Å². The van der Waals surface area contributed by atoms with E-state index in [4.69, 9.17) is 0 Å². The third-order valence-electron chi connectivity index (χ3n) is 3.41. The summed E-state index contributed by atoms with van der Waals surface area (Å²) in [5, 5.41) is 14.4. The van der Waals surface area contributed by atoms with Gasteiger partial charge in [0.25, 0.3) is 5.92 Å². The Balaban J connectivity index is 1.92. The summed E-state index contributed by atoms with van der Waals surface area (Å²) in [5.74, 6) is -2.55. The molecular weight excluding hydrogens is 320 g/mol. The molecule has 1 aromatic heterocycles. The lowest BCUT2D eigenvalue weighted by atomic mass is 10.1. The van der Waals surface area contributed by atoms with Crippen LogP contribution in [-0.2, 0) is 13.5 Å².